The summed E-state index contributed by atoms with van der Waals surface area (Å²) in [5.41, 5.74) is 3.61. The molecule has 170 valence electrons. The molecule has 0 saturated carbocycles. The Hall–Kier alpha value is -3.32. The summed E-state index contributed by atoms with van der Waals surface area (Å²) in [7, 11) is 0. The minimum atomic E-state index is -0.106. The molecule has 0 radical (unpaired) electrons. The largest absolute Gasteiger partial charge is 0.472 e. The molecule has 3 aromatic rings. The number of nitrogens with zero attached hydrogens (tertiary/aromatic N) is 3. The van der Waals surface area contributed by atoms with E-state index in [2.05, 4.69) is 22.4 Å². The van der Waals surface area contributed by atoms with Crippen molar-refractivity contribution < 1.29 is 14.0 Å². The normalized spacial score (nSPS) is 17.0. The van der Waals surface area contributed by atoms with Crippen LogP contribution in [-0.2, 0) is 0 Å². The van der Waals surface area contributed by atoms with E-state index >= 15 is 0 Å². The van der Waals surface area contributed by atoms with Crippen molar-refractivity contribution in [3.05, 3.63) is 83.0 Å². The van der Waals surface area contributed by atoms with Crippen LogP contribution in [0.1, 0.15) is 46.2 Å². The van der Waals surface area contributed by atoms with E-state index in [1.807, 2.05) is 17.0 Å². The third-order valence-electron chi connectivity index (χ3n) is 6.59. The summed E-state index contributed by atoms with van der Waals surface area (Å²) in [5.74, 6) is 0.661. The Labute approximate surface area is 197 Å². The number of likely N-dealkylation sites (tertiary alicyclic amines) is 2. The molecular formula is C25H25ClN4O3. The quantitative estimate of drug-likeness (QED) is 0.590. The van der Waals surface area contributed by atoms with Crippen molar-refractivity contribution in [2.24, 2.45) is 0 Å². The second-order valence-corrected chi connectivity index (χ2v) is 9.04. The number of benzene rings is 1. The summed E-state index contributed by atoms with van der Waals surface area (Å²) in [6, 6.07) is 11.4. The minimum absolute atomic E-state index is 0.0271. The number of piperidine rings is 1. The molecule has 3 amide bonds. The Morgan fingerprint density at radius 1 is 1.00 bits per heavy atom. The van der Waals surface area contributed by atoms with Crippen LogP contribution in [0.3, 0.4) is 0 Å². The average Bonchev–Trinajstić information content (AvgIpc) is 3.35. The minimum Gasteiger partial charge on any atom is -0.472 e. The van der Waals surface area contributed by atoms with Gasteiger partial charge in [-0.3, -0.25) is 9.78 Å². The molecule has 0 unspecified atom stereocenters. The number of carbonyl (C=O) groups excluding carboxylic acids is 2. The second kappa shape index (κ2) is 9.27. The van der Waals surface area contributed by atoms with E-state index in [4.69, 9.17) is 16.0 Å². The number of urea groups is 1. The zero-order valence-electron chi connectivity index (χ0n) is 18.1. The van der Waals surface area contributed by atoms with Gasteiger partial charge in [0.25, 0.3) is 5.91 Å². The van der Waals surface area contributed by atoms with Gasteiger partial charge in [0.2, 0.25) is 0 Å². The molecule has 2 fully saturated rings. The van der Waals surface area contributed by atoms with Crippen LogP contribution >= 0.6 is 11.6 Å². The fraction of sp³-hybridized carbons (Fsp3) is 0.320. The molecule has 2 saturated heterocycles. The molecule has 1 aromatic carbocycles. The van der Waals surface area contributed by atoms with Crippen LogP contribution in [0.15, 0.2) is 65.7 Å². The smallest absolute Gasteiger partial charge is 0.321 e. The average molecular weight is 465 g/mol. The van der Waals surface area contributed by atoms with E-state index in [9.17, 15) is 9.59 Å². The summed E-state index contributed by atoms with van der Waals surface area (Å²) in [6.45, 7) is 2.71. The van der Waals surface area contributed by atoms with Gasteiger partial charge < -0.3 is 19.5 Å². The van der Waals surface area contributed by atoms with Crippen LogP contribution in [0.25, 0.3) is 0 Å². The van der Waals surface area contributed by atoms with Gasteiger partial charge in [-0.15, -0.1) is 0 Å². The van der Waals surface area contributed by atoms with E-state index < -0.39 is 0 Å². The molecule has 5 rings (SSSR count). The molecule has 1 N–H and O–H groups in total. The van der Waals surface area contributed by atoms with Gasteiger partial charge in [0, 0.05) is 55.2 Å². The number of rotatable bonds is 4. The van der Waals surface area contributed by atoms with Crippen molar-refractivity contribution in [2.75, 3.05) is 31.5 Å². The molecule has 33 heavy (non-hydrogen) atoms. The summed E-state index contributed by atoms with van der Waals surface area (Å²) < 4.78 is 5.02. The molecular weight excluding hydrogens is 440 g/mol. The van der Waals surface area contributed by atoms with Gasteiger partial charge >= 0.3 is 6.03 Å². The van der Waals surface area contributed by atoms with Crippen molar-refractivity contribution in [3.63, 3.8) is 0 Å². The van der Waals surface area contributed by atoms with Crippen molar-refractivity contribution in [3.8, 4) is 0 Å². The first-order chi connectivity index (χ1) is 16.1. The molecule has 2 aromatic heterocycles. The highest BCUT2D eigenvalue weighted by Crippen LogP contribution is 2.32. The number of nitrogens with one attached hydrogen (secondary N) is 1. The molecule has 0 aliphatic carbocycles. The van der Waals surface area contributed by atoms with Gasteiger partial charge in [-0.2, -0.15) is 0 Å². The maximum Gasteiger partial charge on any atom is 0.321 e. The second-order valence-electron chi connectivity index (χ2n) is 8.63. The number of hydrogen-bond acceptors (Lipinski definition) is 4. The van der Waals surface area contributed by atoms with Crippen LogP contribution < -0.4 is 5.32 Å². The number of amides is 3. The highest BCUT2D eigenvalue weighted by molar-refractivity contribution is 6.31. The highest BCUT2D eigenvalue weighted by atomic mass is 35.5. The lowest BCUT2D eigenvalue weighted by Crippen LogP contribution is -2.50. The predicted octanol–water partition coefficient (Wildman–Crippen LogP) is 4.98. The van der Waals surface area contributed by atoms with Gasteiger partial charge in [0.1, 0.15) is 6.26 Å². The SMILES string of the molecule is O=C(Nc1ccc(C2CCN(C(=O)c3ccoc3)CC2)cc1)N1CC(c2cnccc2Cl)C1. The Bertz CT molecular complexity index is 1120. The van der Waals surface area contributed by atoms with Crippen LogP contribution in [-0.4, -0.2) is 52.9 Å². The van der Waals surface area contributed by atoms with E-state index in [0.29, 0.717) is 29.6 Å². The summed E-state index contributed by atoms with van der Waals surface area (Å²) in [6.07, 6.45) is 8.30. The van der Waals surface area contributed by atoms with Gasteiger partial charge in [0.05, 0.1) is 11.8 Å². The summed E-state index contributed by atoms with van der Waals surface area (Å²) >= 11 is 6.23. The topological polar surface area (TPSA) is 78.7 Å². The molecule has 7 nitrogen and oxygen atoms in total. The predicted molar refractivity (Wildman–Crippen MR) is 126 cm³/mol. The number of halogens is 1. The van der Waals surface area contributed by atoms with Crippen LogP contribution in [0.2, 0.25) is 5.02 Å². The van der Waals surface area contributed by atoms with Crippen molar-refractivity contribution >= 4 is 29.2 Å². The molecule has 8 heteroatoms. The van der Waals surface area contributed by atoms with E-state index in [1.165, 1.54) is 18.1 Å². The number of aromatic nitrogens is 1. The summed E-state index contributed by atoms with van der Waals surface area (Å²) in [5, 5.41) is 3.67. The van der Waals surface area contributed by atoms with E-state index in [0.717, 1.165) is 37.2 Å². The number of pyridine rings is 1. The Kier molecular flexibility index (Phi) is 6.05. The maximum atomic E-state index is 12.6. The fourth-order valence-corrected chi connectivity index (χ4v) is 4.82. The van der Waals surface area contributed by atoms with Gasteiger partial charge in [-0.1, -0.05) is 23.7 Å². The Balaban J connectivity index is 1.11. The maximum absolute atomic E-state index is 12.6. The fourth-order valence-electron chi connectivity index (χ4n) is 4.56. The number of anilines is 1. The standard InChI is InChI=1S/C25H25ClN4O3/c26-23-5-9-27-13-22(23)20-14-30(15-20)25(32)28-21-3-1-17(2-4-21)18-6-10-29(11-7-18)24(31)19-8-12-33-16-19/h1-5,8-9,12-13,16,18,20H,6-7,10-11,14-15H2,(H,28,32). The lowest BCUT2D eigenvalue weighted by atomic mass is 9.89. The van der Waals surface area contributed by atoms with Crippen LogP contribution in [0, 0.1) is 0 Å². The molecule has 2 aliphatic rings. The Morgan fingerprint density at radius 3 is 2.42 bits per heavy atom. The number of furan rings is 1. The number of hydrogen-bond donors (Lipinski definition) is 1. The van der Waals surface area contributed by atoms with Crippen LogP contribution in [0.4, 0.5) is 10.5 Å². The monoisotopic (exact) mass is 464 g/mol. The third kappa shape index (κ3) is 4.59. The van der Waals surface area contributed by atoms with Crippen molar-refractivity contribution in [2.45, 2.75) is 24.7 Å². The first-order valence-corrected chi connectivity index (χ1v) is 11.5. The van der Waals surface area contributed by atoms with Crippen molar-refractivity contribution in [1.29, 1.82) is 0 Å². The first kappa shape index (κ1) is 21.5. The highest BCUT2D eigenvalue weighted by Gasteiger charge is 2.33. The zero-order chi connectivity index (χ0) is 22.8. The Morgan fingerprint density at radius 2 is 1.76 bits per heavy atom. The van der Waals surface area contributed by atoms with Gasteiger partial charge in [-0.05, 0) is 54.2 Å². The van der Waals surface area contributed by atoms with Crippen molar-refractivity contribution in [1.82, 2.24) is 14.8 Å². The van der Waals surface area contributed by atoms with E-state index in [-0.39, 0.29) is 17.9 Å². The zero-order valence-corrected chi connectivity index (χ0v) is 18.9. The van der Waals surface area contributed by atoms with E-state index in [1.54, 1.807) is 29.4 Å². The first-order valence-electron chi connectivity index (χ1n) is 11.2. The molecule has 4 heterocycles. The van der Waals surface area contributed by atoms with Crippen LogP contribution in [0.5, 0.6) is 0 Å². The summed E-state index contributed by atoms with van der Waals surface area (Å²) in [4.78, 5) is 32.8. The van der Waals surface area contributed by atoms with Gasteiger partial charge in [-0.25, -0.2) is 4.79 Å². The lowest BCUT2D eigenvalue weighted by Gasteiger charge is -2.39. The molecule has 0 spiro atoms. The molecule has 0 bridgehead atoms. The lowest BCUT2D eigenvalue weighted by molar-refractivity contribution is 0.0712. The van der Waals surface area contributed by atoms with Gasteiger partial charge in [0.15, 0.2) is 0 Å². The number of carbonyl (C=O) groups is 2. The molecule has 0 atom stereocenters. The third-order valence-corrected chi connectivity index (χ3v) is 6.93. The molecule has 2 aliphatic heterocycles.